The minimum absolute atomic E-state index is 0.263. The Morgan fingerprint density at radius 1 is 1.32 bits per heavy atom. The number of aliphatic hydroxyl groups excluding tert-OH is 2. The smallest absolute Gasteiger partial charge is 0.392 e. The zero-order valence-corrected chi connectivity index (χ0v) is 15.0. The van der Waals surface area contributed by atoms with Gasteiger partial charge in [0, 0.05) is 5.56 Å². The lowest BCUT2D eigenvalue weighted by Crippen LogP contribution is -2.26. The summed E-state index contributed by atoms with van der Waals surface area (Å²) in [5, 5.41) is 21.1. The Labute approximate surface area is 147 Å². The molecule has 1 aromatic carbocycles. The summed E-state index contributed by atoms with van der Waals surface area (Å²) in [7, 11) is -4.47. The van der Waals surface area contributed by atoms with Crippen molar-refractivity contribution in [3.8, 4) is 0 Å². The molecule has 11 heteroatoms. The summed E-state index contributed by atoms with van der Waals surface area (Å²) in [5.74, 6) is 0. The van der Waals surface area contributed by atoms with Crippen LogP contribution in [0.1, 0.15) is 31.4 Å². The summed E-state index contributed by atoms with van der Waals surface area (Å²) >= 11 is 0.631. The van der Waals surface area contributed by atoms with Gasteiger partial charge in [0.1, 0.15) is 10.0 Å². The van der Waals surface area contributed by atoms with Gasteiger partial charge >= 0.3 is 16.3 Å². The molecule has 2 N–H and O–H groups in total. The summed E-state index contributed by atoms with van der Waals surface area (Å²) in [6.45, 7) is 2.45. The fraction of sp³-hybridized carbons (Fsp3) is 0.500. The predicted octanol–water partition coefficient (Wildman–Crippen LogP) is 2.60. The molecule has 25 heavy (non-hydrogen) atoms. The molecule has 0 radical (unpaired) electrons. The van der Waals surface area contributed by atoms with Gasteiger partial charge in [0.25, 0.3) is 0 Å². The van der Waals surface area contributed by atoms with E-state index in [1.54, 1.807) is 6.92 Å². The highest BCUT2D eigenvalue weighted by Gasteiger charge is 2.39. The van der Waals surface area contributed by atoms with E-state index >= 15 is 0 Å². The first-order valence-corrected chi connectivity index (χ1v) is 9.54. The fourth-order valence-electron chi connectivity index (χ4n) is 1.57. The second-order valence-electron chi connectivity index (χ2n) is 4.93. The van der Waals surface area contributed by atoms with Crippen LogP contribution < -0.4 is 0 Å². The van der Waals surface area contributed by atoms with E-state index < -0.39 is 37.6 Å². The second kappa shape index (κ2) is 8.88. The molecule has 0 aliphatic heterocycles. The zero-order chi connectivity index (χ0) is 19.3. The van der Waals surface area contributed by atoms with E-state index in [9.17, 15) is 26.7 Å². The molecular weight excluding hydrogens is 383 g/mol. The molecular formula is C14H18F3NO5S2. The summed E-state index contributed by atoms with van der Waals surface area (Å²) in [6.07, 6.45) is -4.69. The zero-order valence-electron chi connectivity index (χ0n) is 13.4. The molecule has 0 heterocycles. The third-order valence-electron chi connectivity index (χ3n) is 3.02. The van der Waals surface area contributed by atoms with Crippen LogP contribution in [-0.2, 0) is 21.0 Å². The number of halogens is 3. The van der Waals surface area contributed by atoms with Gasteiger partial charge in [0.05, 0.1) is 6.61 Å². The topological polar surface area (TPSA) is 96.2 Å². The number of aliphatic hydroxyl groups is 2. The number of nitrogens with zero attached hydrogens (tertiary/aromatic N) is 1. The summed E-state index contributed by atoms with van der Waals surface area (Å²) in [5.41, 5.74) is -2.54. The van der Waals surface area contributed by atoms with Crippen molar-refractivity contribution < 1.29 is 36.1 Å². The normalized spacial score (nSPS) is 15.7. The summed E-state index contributed by atoms with van der Waals surface area (Å²) in [4.78, 5) is 0. The number of benzene rings is 1. The molecule has 0 aliphatic rings. The van der Waals surface area contributed by atoms with Crippen molar-refractivity contribution in [3.05, 3.63) is 35.4 Å². The molecule has 0 bridgehead atoms. The SMILES string of the molecule is CCC(O)SC(C)S(=O)(=O)ON=C(c1ccc(CO)cc1)C(F)(F)F. The van der Waals surface area contributed by atoms with Crippen molar-refractivity contribution >= 4 is 27.6 Å². The van der Waals surface area contributed by atoms with Crippen LogP contribution in [0, 0.1) is 0 Å². The highest BCUT2D eigenvalue weighted by Crippen LogP contribution is 2.26. The number of oxime groups is 1. The monoisotopic (exact) mass is 401 g/mol. The number of alkyl halides is 3. The van der Waals surface area contributed by atoms with Crippen LogP contribution in [0.5, 0.6) is 0 Å². The predicted molar refractivity (Wildman–Crippen MR) is 88.3 cm³/mol. The Balaban J connectivity index is 3.07. The summed E-state index contributed by atoms with van der Waals surface area (Å²) < 4.78 is 66.0. The van der Waals surface area contributed by atoms with Crippen molar-refractivity contribution in [1.82, 2.24) is 0 Å². The minimum Gasteiger partial charge on any atom is -0.392 e. The van der Waals surface area contributed by atoms with Gasteiger partial charge < -0.3 is 10.2 Å². The van der Waals surface area contributed by atoms with Gasteiger partial charge in [0.15, 0.2) is 5.71 Å². The Hall–Kier alpha value is -1.30. The maximum absolute atomic E-state index is 13.1. The lowest BCUT2D eigenvalue weighted by atomic mass is 10.1. The van der Waals surface area contributed by atoms with Crippen molar-refractivity contribution in [1.29, 1.82) is 0 Å². The van der Waals surface area contributed by atoms with Crippen LogP contribution in [-0.4, -0.2) is 40.5 Å². The molecule has 0 aliphatic carbocycles. The maximum Gasteiger partial charge on any atom is 0.437 e. The van der Waals surface area contributed by atoms with Gasteiger partial charge in [-0.1, -0.05) is 36.3 Å². The Morgan fingerprint density at radius 3 is 2.32 bits per heavy atom. The molecule has 2 unspecified atom stereocenters. The molecule has 0 spiro atoms. The average Bonchev–Trinajstić information content (AvgIpc) is 2.54. The first kappa shape index (κ1) is 21.7. The number of hydrogen-bond donors (Lipinski definition) is 2. The van der Waals surface area contributed by atoms with Crippen molar-refractivity contribution in [3.63, 3.8) is 0 Å². The van der Waals surface area contributed by atoms with E-state index in [1.807, 2.05) is 0 Å². The van der Waals surface area contributed by atoms with Gasteiger partial charge in [-0.3, -0.25) is 4.28 Å². The quantitative estimate of drug-likeness (QED) is 0.395. The average molecular weight is 401 g/mol. The maximum atomic E-state index is 13.1. The van der Waals surface area contributed by atoms with Gasteiger partial charge in [-0.15, -0.1) is 11.8 Å². The Bertz CT molecular complexity index is 689. The van der Waals surface area contributed by atoms with Crippen LogP contribution in [0.3, 0.4) is 0 Å². The molecule has 0 amide bonds. The van der Waals surface area contributed by atoms with E-state index in [4.69, 9.17) is 5.11 Å². The van der Waals surface area contributed by atoms with Gasteiger partial charge in [-0.2, -0.15) is 21.6 Å². The highest BCUT2D eigenvalue weighted by molar-refractivity contribution is 8.12. The molecule has 6 nitrogen and oxygen atoms in total. The van der Waals surface area contributed by atoms with Crippen LogP contribution in [0.25, 0.3) is 0 Å². The molecule has 0 aromatic heterocycles. The van der Waals surface area contributed by atoms with Crippen molar-refractivity contribution in [2.45, 2.75) is 43.1 Å². The Kier molecular flexibility index (Phi) is 7.72. The van der Waals surface area contributed by atoms with E-state index in [0.29, 0.717) is 17.3 Å². The standard InChI is InChI=1S/C14H18F3NO5S2/c1-3-12(20)24-9(2)25(21,22)23-18-13(14(15,16)17)11-6-4-10(8-19)5-7-11/h4-7,9,12,19-20H,3,8H2,1-2H3. The molecule has 0 fully saturated rings. The van der Waals surface area contributed by atoms with Gasteiger partial charge in [-0.05, 0) is 18.9 Å². The highest BCUT2D eigenvalue weighted by atomic mass is 32.3. The summed E-state index contributed by atoms with van der Waals surface area (Å²) in [6, 6.07) is 4.60. The van der Waals surface area contributed by atoms with Crippen molar-refractivity contribution in [2.24, 2.45) is 5.16 Å². The number of hydrogen-bond acceptors (Lipinski definition) is 7. The van der Waals surface area contributed by atoms with E-state index in [2.05, 4.69) is 9.44 Å². The number of thioether (sulfide) groups is 1. The lowest BCUT2D eigenvalue weighted by molar-refractivity contribution is -0.0597. The van der Waals surface area contributed by atoms with Crippen LogP contribution in [0.15, 0.2) is 29.4 Å². The first-order valence-electron chi connectivity index (χ1n) is 7.12. The molecule has 0 saturated heterocycles. The molecule has 0 saturated carbocycles. The second-order valence-corrected chi connectivity index (χ2v) is 8.59. The van der Waals surface area contributed by atoms with E-state index in [0.717, 1.165) is 12.1 Å². The van der Waals surface area contributed by atoms with Gasteiger partial charge in [-0.25, -0.2) is 0 Å². The Morgan fingerprint density at radius 2 is 1.88 bits per heavy atom. The largest absolute Gasteiger partial charge is 0.437 e. The first-order chi connectivity index (χ1) is 11.5. The van der Waals surface area contributed by atoms with E-state index in [1.165, 1.54) is 19.1 Å². The third kappa shape index (κ3) is 6.49. The van der Waals surface area contributed by atoms with Crippen molar-refractivity contribution in [2.75, 3.05) is 0 Å². The number of rotatable bonds is 8. The minimum atomic E-state index is -4.95. The van der Waals surface area contributed by atoms with Crippen LogP contribution >= 0.6 is 11.8 Å². The molecule has 1 rings (SSSR count). The third-order valence-corrected chi connectivity index (χ3v) is 6.18. The van der Waals surface area contributed by atoms with Crippen LogP contribution in [0.4, 0.5) is 13.2 Å². The van der Waals surface area contributed by atoms with E-state index in [-0.39, 0.29) is 13.0 Å². The van der Waals surface area contributed by atoms with Gasteiger partial charge in [0.2, 0.25) is 0 Å². The fourth-order valence-corrected chi connectivity index (χ4v) is 3.54. The molecule has 1 aromatic rings. The molecule has 2 atom stereocenters. The van der Waals surface area contributed by atoms with Crippen LogP contribution in [0.2, 0.25) is 0 Å². The molecule has 142 valence electrons. The lowest BCUT2D eigenvalue weighted by Gasteiger charge is -2.15.